The molecule has 13 heavy (non-hydrogen) atoms. The van der Waals surface area contributed by atoms with Crippen molar-refractivity contribution in [1.29, 1.82) is 0 Å². The van der Waals surface area contributed by atoms with Crippen molar-refractivity contribution in [3.63, 3.8) is 0 Å². The molecule has 0 radical (unpaired) electrons. The molecule has 0 rings (SSSR count). The summed E-state index contributed by atoms with van der Waals surface area (Å²) in [6.07, 6.45) is -4.09. The lowest BCUT2D eigenvalue weighted by Gasteiger charge is -2.23. The van der Waals surface area contributed by atoms with Crippen molar-refractivity contribution < 1.29 is 22.3 Å². The maximum absolute atomic E-state index is 13.4. The SMILES string of the molecule is CCCC(F)(CC)COC(F)(F)F. The first-order chi connectivity index (χ1) is 5.83. The van der Waals surface area contributed by atoms with Gasteiger partial charge >= 0.3 is 6.36 Å². The molecule has 0 saturated heterocycles. The summed E-state index contributed by atoms with van der Waals surface area (Å²) in [5, 5.41) is 0. The van der Waals surface area contributed by atoms with Gasteiger partial charge in [0.1, 0.15) is 5.67 Å². The van der Waals surface area contributed by atoms with Crippen LogP contribution in [0.4, 0.5) is 17.6 Å². The molecule has 0 aromatic heterocycles. The van der Waals surface area contributed by atoms with Crippen LogP contribution in [0.3, 0.4) is 0 Å². The number of halogens is 4. The fourth-order valence-electron chi connectivity index (χ4n) is 1.01. The second kappa shape index (κ2) is 4.79. The highest BCUT2D eigenvalue weighted by Gasteiger charge is 2.35. The molecule has 0 aromatic carbocycles. The van der Waals surface area contributed by atoms with E-state index in [-0.39, 0.29) is 12.8 Å². The molecule has 0 aliphatic heterocycles. The summed E-state index contributed by atoms with van der Waals surface area (Å²) in [7, 11) is 0. The molecule has 1 atom stereocenters. The summed E-state index contributed by atoms with van der Waals surface area (Å²) >= 11 is 0. The average molecular weight is 202 g/mol. The predicted octanol–water partition coefficient (Wildman–Crippen LogP) is 3.44. The molecule has 0 heterocycles. The standard InChI is InChI=1S/C8H14F4O/c1-3-5-7(9,4-2)6-13-8(10,11)12/h3-6H2,1-2H3. The van der Waals surface area contributed by atoms with Crippen molar-refractivity contribution in [2.75, 3.05) is 6.61 Å². The highest BCUT2D eigenvalue weighted by molar-refractivity contribution is 4.76. The molecule has 0 aromatic rings. The zero-order valence-electron chi connectivity index (χ0n) is 7.75. The van der Waals surface area contributed by atoms with E-state index in [0.29, 0.717) is 6.42 Å². The van der Waals surface area contributed by atoms with Crippen LogP contribution >= 0.6 is 0 Å². The lowest BCUT2D eigenvalue weighted by Crippen LogP contribution is -2.32. The van der Waals surface area contributed by atoms with E-state index in [4.69, 9.17) is 0 Å². The molecule has 0 bridgehead atoms. The minimum absolute atomic E-state index is 0.0386. The third-order valence-corrected chi connectivity index (χ3v) is 1.83. The highest BCUT2D eigenvalue weighted by Crippen LogP contribution is 2.26. The third-order valence-electron chi connectivity index (χ3n) is 1.83. The molecular weight excluding hydrogens is 188 g/mol. The third kappa shape index (κ3) is 5.85. The van der Waals surface area contributed by atoms with Crippen molar-refractivity contribution in [3.8, 4) is 0 Å². The number of alkyl halides is 4. The number of hydrogen-bond acceptors (Lipinski definition) is 1. The fraction of sp³-hybridized carbons (Fsp3) is 1.00. The van der Waals surface area contributed by atoms with Crippen molar-refractivity contribution >= 4 is 0 Å². The summed E-state index contributed by atoms with van der Waals surface area (Å²) in [5.41, 5.74) is -1.84. The van der Waals surface area contributed by atoms with E-state index < -0.39 is 18.6 Å². The summed E-state index contributed by atoms with van der Waals surface area (Å²) in [6.45, 7) is 2.33. The number of ether oxygens (including phenoxy) is 1. The number of rotatable bonds is 5. The first-order valence-corrected chi connectivity index (χ1v) is 4.22. The Morgan fingerprint density at radius 2 is 1.62 bits per heavy atom. The Labute approximate surface area is 75.1 Å². The molecule has 1 nitrogen and oxygen atoms in total. The quantitative estimate of drug-likeness (QED) is 0.620. The van der Waals surface area contributed by atoms with Crippen LogP contribution in [0.25, 0.3) is 0 Å². The first kappa shape index (κ1) is 12.7. The van der Waals surface area contributed by atoms with Crippen LogP contribution < -0.4 is 0 Å². The van der Waals surface area contributed by atoms with Gasteiger partial charge in [-0.2, -0.15) is 0 Å². The second-order valence-electron chi connectivity index (χ2n) is 2.99. The van der Waals surface area contributed by atoms with Gasteiger partial charge in [-0.25, -0.2) is 4.39 Å². The van der Waals surface area contributed by atoms with Gasteiger partial charge in [0.25, 0.3) is 0 Å². The minimum Gasteiger partial charge on any atom is -0.289 e. The highest BCUT2D eigenvalue weighted by atomic mass is 19.4. The van der Waals surface area contributed by atoms with E-state index in [1.54, 1.807) is 6.92 Å². The van der Waals surface area contributed by atoms with Gasteiger partial charge in [-0.05, 0) is 12.8 Å². The monoisotopic (exact) mass is 202 g/mol. The Morgan fingerprint density at radius 3 is 1.92 bits per heavy atom. The van der Waals surface area contributed by atoms with E-state index in [1.165, 1.54) is 6.92 Å². The van der Waals surface area contributed by atoms with E-state index in [0.717, 1.165) is 0 Å². The van der Waals surface area contributed by atoms with Gasteiger partial charge in [0.2, 0.25) is 0 Å². The Bertz CT molecular complexity index is 146. The van der Waals surface area contributed by atoms with Gasteiger partial charge in [-0.1, -0.05) is 20.3 Å². The predicted molar refractivity (Wildman–Crippen MR) is 41.0 cm³/mol. The molecule has 0 amide bonds. The maximum atomic E-state index is 13.4. The molecule has 0 aliphatic carbocycles. The van der Waals surface area contributed by atoms with Gasteiger partial charge in [0.05, 0.1) is 6.61 Å². The Balaban J connectivity index is 3.97. The molecule has 80 valence electrons. The fourth-order valence-corrected chi connectivity index (χ4v) is 1.01. The Hall–Kier alpha value is -0.320. The minimum atomic E-state index is -4.74. The molecule has 0 aliphatic rings. The Morgan fingerprint density at radius 1 is 1.08 bits per heavy atom. The lowest BCUT2D eigenvalue weighted by molar-refractivity contribution is -0.334. The van der Waals surface area contributed by atoms with Crippen molar-refractivity contribution in [2.45, 2.75) is 45.1 Å². The van der Waals surface area contributed by atoms with Crippen molar-refractivity contribution in [2.24, 2.45) is 0 Å². The second-order valence-corrected chi connectivity index (χ2v) is 2.99. The average Bonchev–Trinajstić information content (AvgIpc) is 2.01. The lowest BCUT2D eigenvalue weighted by atomic mass is 9.98. The largest absolute Gasteiger partial charge is 0.522 e. The smallest absolute Gasteiger partial charge is 0.289 e. The van der Waals surface area contributed by atoms with Gasteiger partial charge in [-0.3, -0.25) is 4.74 Å². The van der Waals surface area contributed by atoms with Crippen LogP contribution in [0.15, 0.2) is 0 Å². The van der Waals surface area contributed by atoms with E-state index in [1.807, 2.05) is 0 Å². The van der Waals surface area contributed by atoms with E-state index in [2.05, 4.69) is 4.74 Å². The summed E-state index contributed by atoms with van der Waals surface area (Å²) in [4.78, 5) is 0. The topological polar surface area (TPSA) is 9.23 Å². The summed E-state index contributed by atoms with van der Waals surface area (Å²) in [5.74, 6) is 0. The van der Waals surface area contributed by atoms with Gasteiger partial charge < -0.3 is 0 Å². The van der Waals surface area contributed by atoms with Crippen LogP contribution in [-0.2, 0) is 4.74 Å². The normalized spacial score (nSPS) is 17.1. The number of hydrogen-bond donors (Lipinski definition) is 0. The van der Waals surface area contributed by atoms with Crippen LogP contribution in [-0.4, -0.2) is 18.6 Å². The maximum Gasteiger partial charge on any atom is 0.522 e. The van der Waals surface area contributed by atoms with Crippen LogP contribution in [0.5, 0.6) is 0 Å². The van der Waals surface area contributed by atoms with Crippen molar-refractivity contribution in [3.05, 3.63) is 0 Å². The van der Waals surface area contributed by atoms with Crippen molar-refractivity contribution in [1.82, 2.24) is 0 Å². The zero-order valence-corrected chi connectivity index (χ0v) is 7.75. The Kier molecular flexibility index (Phi) is 4.67. The van der Waals surface area contributed by atoms with Gasteiger partial charge in [0, 0.05) is 0 Å². The van der Waals surface area contributed by atoms with Crippen LogP contribution in [0.2, 0.25) is 0 Å². The van der Waals surface area contributed by atoms with E-state index >= 15 is 0 Å². The molecule has 1 unspecified atom stereocenters. The van der Waals surface area contributed by atoms with Crippen LogP contribution in [0, 0.1) is 0 Å². The first-order valence-electron chi connectivity index (χ1n) is 4.22. The molecule has 0 fully saturated rings. The summed E-state index contributed by atoms with van der Waals surface area (Å²) in [6, 6.07) is 0. The molecular formula is C8H14F4O. The van der Waals surface area contributed by atoms with Crippen LogP contribution in [0.1, 0.15) is 33.1 Å². The van der Waals surface area contributed by atoms with Gasteiger partial charge in [0.15, 0.2) is 0 Å². The molecule has 0 N–H and O–H groups in total. The zero-order chi connectivity index (χ0) is 10.5. The summed E-state index contributed by atoms with van der Waals surface area (Å²) < 4.78 is 51.6. The molecule has 0 saturated carbocycles. The molecule has 5 heteroatoms. The molecule has 0 spiro atoms. The van der Waals surface area contributed by atoms with E-state index in [9.17, 15) is 17.6 Å². The van der Waals surface area contributed by atoms with Gasteiger partial charge in [-0.15, -0.1) is 13.2 Å².